The highest BCUT2D eigenvalue weighted by atomic mass is 32.1. The highest BCUT2D eigenvalue weighted by Gasteiger charge is 2.06. The van der Waals surface area contributed by atoms with Gasteiger partial charge in [-0.3, -0.25) is 0 Å². The quantitative estimate of drug-likeness (QED) is 0.788. The fourth-order valence-corrected chi connectivity index (χ4v) is 1.55. The van der Waals surface area contributed by atoms with E-state index in [1.165, 1.54) is 11.3 Å². The van der Waals surface area contributed by atoms with Crippen LogP contribution in [0.2, 0.25) is 0 Å². The molecule has 0 aliphatic carbocycles. The van der Waals surface area contributed by atoms with E-state index in [0.717, 1.165) is 0 Å². The minimum absolute atomic E-state index is 0.101. The predicted molar refractivity (Wildman–Crippen MR) is 49.5 cm³/mol. The van der Waals surface area contributed by atoms with E-state index < -0.39 is 0 Å². The second-order valence-electron chi connectivity index (χ2n) is 2.46. The minimum atomic E-state index is -0.101. The lowest BCUT2D eigenvalue weighted by molar-refractivity contribution is 0.280. The van der Waals surface area contributed by atoms with Crippen LogP contribution in [0.1, 0.15) is 5.01 Å². The van der Waals surface area contributed by atoms with E-state index in [0.29, 0.717) is 15.9 Å². The molecular weight excluding hydrogens is 204 g/mol. The van der Waals surface area contributed by atoms with Gasteiger partial charge in [-0.2, -0.15) is 5.10 Å². The summed E-state index contributed by atoms with van der Waals surface area (Å²) in [5.74, 6) is 0.658. The van der Waals surface area contributed by atoms with E-state index in [1.54, 1.807) is 24.2 Å². The first-order chi connectivity index (χ1) is 6.83. The molecule has 0 amide bonds. The standard InChI is InChI=1S/C7H8N4O2S/c1-13-5-2-8-11(3-5)7-10-9-6(4-12)14-7/h2-3,12H,4H2,1H3. The van der Waals surface area contributed by atoms with Gasteiger partial charge in [0.05, 0.1) is 26.1 Å². The molecule has 74 valence electrons. The Labute approximate surface area is 83.8 Å². The molecule has 2 aromatic rings. The van der Waals surface area contributed by atoms with Crippen LogP contribution in [0.5, 0.6) is 5.75 Å². The zero-order chi connectivity index (χ0) is 9.97. The molecule has 7 heteroatoms. The number of aliphatic hydroxyl groups excluding tert-OH is 1. The monoisotopic (exact) mass is 212 g/mol. The second kappa shape index (κ2) is 3.72. The topological polar surface area (TPSA) is 73.1 Å². The molecule has 2 rings (SSSR count). The maximum Gasteiger partial charge on any atom is 0.233 e. The van der Waals surface area contributed by atoms with Crippen LogP contribution in [0.25, 0.3) is 5.13 Å². The zero-order valence-corrected chi connectivity index (χ0v) is 8.23. The first kappa shape index (κ1) is 9.10. The molecule has 0 saturated carbocycles. The zero-order valence-electron chi connectivity index (χ0n) is 7.41. The molecule has 0 aromatic carbocycles. The molecule has 0 aliphatic heterocycles. The number of nitrogens with zero attached hydrogens (tertiary/aromatic N) is 4. The maximum absolute atomic E-state index is 8.80. The first-order valence-corrected chi connectivity index (χ1v) is 4.67. The predicted octanol–water partition coefficient (Wildman–Crippen LogP) is 0.225. The van der Waals surface area contributed by atoms with Crippen LogP contribution in [0.4, 0.5) is 0 Å². The van der Waals surface area contributed by atoms with Gasteiger partial charge in [-0.15, -0.1) is 10.2 Å². The van der Waals surface area contributed by atoms with E-state index in [1.807, 2.05) is 0 Å². The Morgan fingerprint density at radius 3 is 3.00 bits per heavy atom. The Morgan fingerprint density at radius 1 is 1.57 bits per heavy atom. The third kappa shape index (κ3) is 1.59. The average molecular weight is 212 g/mol. The van der Waals surface area contributed by atoms with Crippen molar-refractivity contribution in [2.24, 2.45) is 0 Å². The minimum Gasteiger partial charge on any atom is -0.493 e. The summed E-state index contributed by atoms with van der Waals surface area (Å²) in [5, 5.41) is 21.6. The van der Waals surface area contributed by atoms with Crippen molar-refractivity contribution in [3.63, 3.8) is 0 Å². The van der Waals surface area contributed by atoms with Crippen LogP contribution in [0.15, 0.2) is 12.4 Å². The van der Waals surface area contributed by atoms with Crippen molar-refractivity contribution in [3.05, 3.63) is 17.4 Å². The van der Waals surface area contributed by atoms with Crippen molar-refractivity contribution in [1.29, 1.82) is 0 Å². The van der Waals surface area contributed by atoms with Gasteiger partial charge >= 0.3 is 0 Å². The Bertz CT molecular complexity index is 385. The van der Waals surface area contributed by atoms with Crippen molar-refractivity contribution in [2.45, 2.75) is 6.61 Å². The molecule has 0 aliphatic rings. The largest absolute Gasteiger partial charge is 0.493 e. The maximum atomic E-state index is 8.80. The molecule has 0 saturated heterocycles. The third-order valence-electron chi connectivity index (χ3n) is 1.58. The van der Waals surface area contributed by atoms with Gasteiger partial charge < -0.3 is 9.84 Å². The van der Waals surface area contributed by atoms with E-state index in [-0.39, 0.29) is 6.61 Å². The summed E-state index contributed by atoms with van der Waals surface area (Å²) in [6.45, 7) is -0.101. The van der Waals surface area contributed by atoms with Gasteiger partial charge in [0.25, 0.3) is 0 Å². The van der Waals surface area contributed by atoms with E-state index >= 15 is 0 Å². The summed E-state index contributed by atoms with van der Waals surface area (Å²) in [7, 11) is 1.57. The number of aliphatic hydroxyl groups is 1. The summed E-state index contributed by atoms with van der Waals surface area (Å²) in [5.41, 5.74) is 0. The second-order valence-corrected chi connectivity index (χ2v) is 3.50. The van der Waals surface area contributed by atoms with Gasteiger partial charge in [0.2, 0.25) is 5.13 Å². The van der Waals surface area contributed by atoms with Gasteiger partial charge in [-0.1, -0.05) is 11.3 Å². The number of hydrogen-bond acceptors (Lipinski definition) is 6. The Balaban J connectivity index is 2.29. The van der Waals surface area contributed by atoms with Crippen molar-refractivity contribution in [2.75, 3.05) is 7.11 Å². The number of rotatable bonds is 3. The third-order valence-corrected chi connectivity index (χ3v) is 2.48. The van der Waals surface area contributed by atoms with Crippen molar-refractivity contribution in [3.8, 4) is 10.9 Å². The smallest absolute Gasteiger partial charge is 0.233 e. The number of ether oxygens (including phenoxy) is 1. The molecule has 2 heterocycles. The van der Waals surface area contributed by atoms with Crippen molar-refractivity contribution < 1.29 is 9.84 Å². The van der Waals surface area contributed by atoms with Gasteiger partial charge in [0, 0.05) is 0 Å². The van der Waals surface area contributed by atoms with E-state index in [9.17, 15) is 0 Å². The van der Waals surface area contributed by atoms with Crippen LogP contribution >= 0.6 is 11.3 Å². The SMILES string of the molecule is COc1cnn(-c2nnc(CO)s2)c1. The lowest BCUT2D eigenvalue weighted by Gasteiger charge is -1.91. The fraction of sp³-hybridized carbons (Fsp3) is 0.286. The highest BCUT2D eigenvalue weighted by molar-refractivity contribution is 7.13. The average Bonchev–Trinajstić information content (AvgIpc) is 2.86. The molecule has 0 radical (unpaired) electrons. The van der Waals surface area contributed by atoms with Crippen molar-refractivity contribution in [1.82, 2.24) is 20.0 Å². The normalized spacial score (nSPS) is 10.4. The molecular formula is C7H8N4O2S. The number of hydrogen-bond donors (Lipinski definition) is 1. The van der Waals surface area contributed by atoms with Crippen LogP contribution < -0.4 is 4.74 Å². The van der Waals surface area contributed by atoms with Gasteiger partial charge in [0.15, 0.2) is 5.75 Å². The van der Waals surface area contributed by atoms with Crippen LogP contribution in [0, 0.1) is 0 Å². The van der Waals surface area contributed by atoms with E-state index in [4.69, 9.17) is 9.84 Å². The lowest BCUT2D eigenvalue weighted by Crippen LogP contribution is -1.92. The van der Waals surface area contributed by atoms with E-state index in [2.05, 4.69) is 15.3 Å². The number of aromatic nitrogens is 4. The molecule has 0 fully saturated rings. The molecule has 2 aromatic heterocycles. The molecule has 0 bridgehead atoms. The summed E-state index contributed by atoms with van der Waals surface area (Å²) >= 11 is 1.28. The number of methoxy groups -OCH3 is 1. The van der Waals surface area contributed by atoms with Crippen LogP contribution in [-0.2, 0) is 6.61 Å². The van der Waals surface area contributed by atoms with Gasteiger partial charge in [-0.25, -0.2) is 4.68 Å². The summed E-state index contributed by atoms with van der Waals surface area (Å²) in [6, 6.07) is 0. The Hall–Kier alpha value is -1.47. The Kier molecular flexibility index (Phi) is 2.42. The fourth-order valence-electron chi connectivity index (χ4n) is 0.918. The molecule has 0 spiro atoms. The first-order valence-electron chi connectivity index (χ1n) is 3.85. The molecule has 0 unspecified atom stereocenters. The van der Waals surface area contributed by atoms with Crippen LogP contribution in [0.3, 0.4) is 0 Å². The summed E-state index contributed by atoms with van der Waals surface area (Å²) in [6.07, 6.45) is 3.28. The van der Waals surface area contributed by atoms with Gasteiger partial charge in [0.1, 0.15) is 5.01 Å². The Morgan fingerprint density at radius 2 is 2.43 bits per heavy atom. The van der Waals surface area contributed by atoms with Crippen molar-refractivity contribution >= 4 is 11.3 Å². The van der Waals surface area contributed by atoms with Gasteiger partial charge in [-0.05, 0) is 0 Å². The molecule has 6 nitrogen and oxygen atoms in total. The summed E-state index contributed by atoms with van der Waals surface area (Å²) < 4.78 is 6.52. The van der Waals surface area contributed by atoms with Crippen LogP contribution in [-0.4, -0.2) is 32.2 Å². The molecule has 1 N–H and O–H groups in total. The summed E-state index contributed by atoms with van der Waals surface area (Å²) in [4.78, 5) is 0. The lowest BCUT2D eigenvalue weighted by atomic mass is 10.7. The highest BCUT2D eigenvalue weighted by Crippen LogP contribution is 2.16. The molecule has 0 atom stereocenters. The molecule has 14 heavy (non-hydrogen) atoms.